The Bertz CT molecular complexity index is 407. The number of hydrogen-bond acceptors (Lipinski definition) is 2. The van der Waals surface area contributed by atoms with Crippen LogP contribution in [0.15, 0.2) is 24.3 Å². The van der Waals surface area contributed by atoms with Gasteiger partial charge in [-0.25, -0.2) is 4.39 Å². The smallest absolute Gasteiger partial charge is 0.233 e. The van der Waals surface area contributed by atoms with Gasteiger partial charge in [0.25, 0.3) is 0 Å². The maximum Gasteiger partial charge on any atom is 0.233 e. The molecule has 1 atom stereocenters. The summed E-state index contributed by atoms with van der Waals surface area (Å²) in [5.74, 6) is 0.144. The monoisotopic (exact) mass is 266 g/mol. The summed E-state index contributed by atoms with van der Waals surface area (Å²) >= 11 is 0. The molecule has 0 saturated carbocycles. The van der Waals surface area contributed by atoms with Crippen molar-refractivity contribution >= 4 is 5.91 Å². The van der Waals surface area contributed by atoms with E-state index in [1.807, 2.05) is 26.8 Å². The van der Waals surface area contributed by atoms with Crippen LogP contribution in [0.5, 0.6) is 0 Å². The SMILES string of the molecule is CCC(NCC(=O)NCC(C)C)c1ccccc1F. The van der Waals surface area contributed by atoms with Crippen molar-refractivity contribution in [2.24, 2.45) is 5.92 Å². The Labute approximate surface area is 114 Å². The maximum atomic E-state index is 13.7. The van der Waals surface area contributed by atoms with E-state index in [9.17, 15) is 9.18 Å². The molecule has 0 aliphatic rings. The zero-order valence-corrected chi connectivity index (χ0v) is 11.9. The molecule has 106 valence electrons. The maximum absolute atomic E-state index is 13.7. The van der Waals surface area contributed by atoms with Crippen LogP contribution in [0.4, 0.5) is 4.39 Å². The summed E-state index contributed by atoms with van der Waals surface area (Å²) in [5.41, 5.74) is 0.613. The van der Waals surface area contributed by atoms with Crippen LogP contribution in [0, 0.1) is 11.7 Å². The molecule has 2 N–H and O–H groups in total. The third kappa shape index (κ3) is 5.39. The van der Waals surface area contributed by atoms with Crippen LogP contribution in [0.1, 0.15) is 38.8 Å². The molecular weight excluding hydrogens is 243 g/mol. The molecule has 1 amide bonds. The van der Waals surface area contributed by atoms with Crippen LogP contribution in [-0.4, -0.2) is 19.0 Å². The van der Waals surface area contributed by atoms with Gasteiger partial charge in [0.15, 0.2) is 0 Å². The number of nitrogens with one attached hydrogen (secondary N) is 2. The fourth-order valence-corrected chi connectivity index (χ4v) is 1.83. The van der Waals surface area contributed by atoms with Crippen LogP contribution >= 0.6 is 0 Å². The van der Waals surface area contributed by atoms with Crippen LogP contribution in [0.3, 0.4) is 0 Å². The van der Waals surface area contributed by atoms with E-state index >= 15 is 0 Å². The van der Waals surface area contributed by atoms with Gasteiger partial charge in [-0.15, -0.1) is 0 Å². The Balaban J connectivity index is 2.50. The predicted octanol–water partition coefficient (Wildman–Crippen LogP) is 2.64. The molecule has 1 unspecified atom stereocenters. The third-order valence-electron chi connectivity index (χ3n) is 2.91. The van der Waals surface area contributed by atoms with Gasteiger partial charge in [0.1, 0.15) is 5.82 Å². The van der Waals surface area contributed by atoms with E-state index in [4.69, 9.17) is 0 Å². The minimum absolute atomic E-state index is 0.0523. The highest BCUT2D eigenvalue weighted by atomic mass is 19.1. The summed E-state index contributed by atoms with van der Waals surface area (Å²) in [6.07, 6.45) is 0.735. The third-order valence-corrected chi connectivity index (χ3v) is 2.91. The van der Waals surface area contributed by atoms with Gasteiger partial charge in [-0.1, -0.05) is 39.0 Å². The minimum atomic E-state index is -0.232. The molecular formula is C15H23FN2O. The molecule has 0 radical (unpaired) electrons. The van der Waals surface area contributed by atoms with Gasteiger partial charge in [0, 0.05) is 18.2 Å². The highest BCUT2D eigenvalue weighted by molar-refractivity contribution is 5.78. The van der Waals surface area contributed by atoms with E-state index in [0.29, 0.717) is 18.0 Å². The first-order chi connectivity index (χ1) is 9.04. The van der Waals surface area contributed by atoms with Crippen LogP contribution in [-0.2, 0) is 4.79 Å². The molecule has 19 heavy (non-hydrogen) atoms. The second-order valence-electron chi connectivity index (χ2n) is 5.06. The van der Waals surface area contributed by atoms with Crippen molar-refractivity contribution in [3.63, 3.8) is 0 Å². The lowest BCUT2D eigenvalue weighted by molar-refractivity contribution is -0.120. The standard InChI is InChI=1S/C15H23FN2O/c1-4-14(12-7-5-6-8-13(12)16)17-10-15(19)18-9-11(2)3/h5-8,11,14,17H,4,9-10H2,1-3H3,(H,18,19). The normalized spacial score (nSPS) is 12.5. The van der Waals surface area contributed by atoms with Crippen molar-refractivity contribution in [2.75, 3.05) is 13.1 Å². The molecule has 3 nitrogen and oxygen atoms in total. The topological polar surface area (TPSA) is 41.1 Å². The Morgan fingerprint density at radius 1 is 1.32 bits per heavy atom. The fraction of sp³-hybridized carbons (Fsp3) is 0.533. The van der Waals surface area contributed by atoms with E-state index in [2.05, 4.69) is 10.6 Å². The van der Waals surface area contributed by atoms with Crippen molar-refractivity contribution in [1.82, 2.24) is 10.6 Å². The first kappa shape index (κ1) is 15.6. The highest BCUT2D eigenvalue weighted by Gasteiger charge is 2.14. The second-order valence-corrected chi connectivity index (χ2v) is 5.06. The molecule has 4 heteroatoms. The fourth-order valence-electron chi connectivity index (χ4n) is 1.83. The second kappa shape index (κ2) is 7.89. The summed E-state index contributed by atoms with van der Waals surface area (Å²) in [6, 6.07) is 6.54. The first-order valence-corrected chi connectivity index (χ1v) is 6.79. The predicted molar refractivity (Wildman–Crippen MR) is 75.3 cm³/mol. The van der Waals surface area contributed by atoms with Gasteiger partial charge in [-0.3, -0.25) is 4.79 Å². The van der Waals surface area contributed by atoms with E-state index in [-0.39, 0.29) is 24.3 Å². The van der Waals surface area contributed by atoms with Gasteiger partial charge in [0.2, 0.25) is 5.91 Å². The van der Waals surface area contributed by atoms with E-state index in [1.165, 1.54) is 6.07 Å². The summed E-state index contributed by atoms with van der Waals surface area (Å²) < 4.78 is 13.7. The van der Waals surface area contributed by atoms with Crippen LogP contribution in [0.2, 0.25) is 0 Å². The molecule has 0 fully saturated rings. The summed E-state index contributed by atoms with van der Waals surface area (Å²) in [6.45, 7) is 6.93. The molecule has 0 saturated heterocycles. The molecule has 1 aromatic carbocycles. The van der Waals surface area contributed by atoms with Crippen molar-refractivity contribution < 1.29 is 9.18 Å². The highest BCUT2D eigenvalue weighted by Crippen LogP contribution is 2.19. The molecule has 0 bridgehead atoms. The van der Waals surface area contributed by atoms with Crippen molar-refractivity contribution in [3.05, 3.63) is 35.6 Å². The van der Waals surface area contributed by atoms with Gasteiger partial charge in [-0.2, -0.15) is 0 Å². The van der Waals surface area contributed by atoms with Crippen molar-refractivity contribution in [2.45, 2.75) is 33.2 Å². The number of amides is 1. The van der Waals surface area contributed by atoms with Crippen molar-refractivity contribution in [3.8, 4) is 0 Å². The lowest BCUT2D eigenvalue weighted by Crippen LogP contribution is -2.37. The molecule has 0 aliphatic carbocycles. The van der Waals surface area contributed by atoms with E-state index in [0.717, 1.165) is 6.42 Å². The molecule has 0 aromatic heterocycles. The number of carbonyl (C=O) groups is 1. The number of carbonyl (C=O) groups excluding carboxylic acids is 1. The molecule has 0 spiro atoms. The average molecular weight is 266 g/mol. The Hall–Kier alpha value is -1.42. The molecule has 1 rings (SSSR count). The van der Waals surface area contributed by atoms with Gasteiger partial charge < -0.3 is 10.6 Å². The van der Waals surface area contributed by atoms with Gasteiger partial charge in [-0.05, 0) is 18.4 Å². The Morgan fingerprint density at radius 2 is 2.00 bits per heavy atom. The van der Waals surface area contributed by atoms with Crippen LogP contribution < -0.4 is 10.6 Å². The minimum Gasteiger partial charge on any atom is -0.355 e. The Kier molecular flexibility index (Phi) is 6.50. The number of rotatable bonds is 7. The van der Waals surface area contributed by atoms with Gasteiger partial charge >= 0.3 is 0 Å². The average Bonchev–Trinajstić information content (AvgIpc) is 2.39. The number of hydrogen-bond donors (Lipinski definition) is 2. The Morgan fingerprint density at radius 3 is 2.58 bits per heavy atom. The molecule has 1 aromatic rings. The quantitative estimate of drug-likeness (QED) is 0.796. The summed E-state index contributed by atoms with van der Waals surface area (Å²) in [4.78, 5) is 11.6. The largest absolute Gasteiger partial charge is 0.355 e. The first-order valence-electron chi connectivity index (χ1n) is 6.79. The molecule has 0 heterocycles. The van der Waals surface area contributed by atoms with E-state index in [1.54, 1.807) is 12.1 Å². The zero-order valence-electron chi connectivity index (χ0n) is 11.9. The summed E-state index contributed by atoms with van der Waals surface area (Å²) in [5, 5.41) is 5.93. The summed E-state index contributed by atoms with van der Waals surface area (Å²) in [7, 11) is 0. The lowest BCUT2D eigenvalue weighted by atomic mass is 10.0. The number of halogens is 1. The molecule has 0 aliphatic heterocycles. The van der Waals surface area contributed by atoms with Crippen LogP contribution in [0.25, 0.3) is 0 Å². The lowest BCUT2D eigenvalue weighted by Gasteiger charge is -2.18. The zero-order chi connectivity index (χ0) is 14.3. The van der Waals surface area contributed by atoms with E-state index < -0.39 is 0 Å². The number of benzene rings is 1. The van der Waals surface area contributed by atoms with Gasteiger partial charge in [0.05, 0.1) is 6.54 Å². The van der Waals surface area contributed by atoms with Crippen molar-refractivity contribution in [1.29, 1.82) is 0 Å².